The summed E-state index contributed by atoms with van der Waals surface area (Å²) in [5, 5.41) is 3.53. The van der Waals surface area contributed by atoms with Gasteiger partial charge in [-0.3, -0.25) is 4.79 Å². The molecule has 28 heavy (non-hydrogen) atoms. The number of benzene rings is 2. The maximum atomic E-state index is 12.5. The van der Waals surface area contributed by atoms with Gasteiger partial charge >= 0.3 is 0 Å². The van der Waals surface area contributed by atoms with Crippen LogP contribution < -0.4 is 24.6 Å². The lowest BCUT2D eigenvalue weighted by molar-refractivity contribution is -0.898. The number of carbonyl (C=O) groups is 1. The number of para-hydroxylation sites is 2. The van der Waals surface area contributed by atoms with Gasteiger partial charge < -0.3 is 24.6 Å². The van der Waals surface area contributed by atoms with Crippen molar-refractivity contribution in [3.63, 3.8) is 0 Å². The number of methoxy groups -OCH3 is 1. The third-order valence-corrected chi connectivity index (χ3v) is 5.21. The minimum Gasteiger partial charge on any atom is -0.493 e. The van der Waals surface area contributed by atoms with E-state index in [2.05, 4.69) is 17.1 Å². The van der Waals surface area contributed by atoms with E-state index in [-0.39, 0.29) is 12.5 Å². The normalized spacial score (nSPS) is 14.6. The van der Waals surface area contributed by atoms with E-state index >= 15 is 0 Å². The summed E-state index contributed by atoms with van der Waals surface area (Å²) < 4.78 is 10.9. The molecule has 2 aromatic carbocycles. The largest absolute Gasteiger partial charge is 0.493 e. The number of rotatable bonds is 7. The molecular weight excluding hydrogens is 378 g/mol. The maximum Gasteiger partial charge on any atom is 0.262 e. The number of quaternary nitrogens is 1. The molecule has 0 aliphatic carbocycles. The van der Waals surface area contributed by atoms with Crippen LogP contribution in [0.5, 0.6) is 11.5 Å². The zero-order valence-corrected chi connectivity index (χ0v) is 17.1. The van der Waals surface area contributed by atoms with Gasteiger partial charge in [0.1, 0.15) is 0 Å². The van der Waals surface area contributed by atoms with E-state index in [0.717, 1.165) is 38.4 Å². The summed E-state index contributed by atoms with van der Waals surface area (Å²) in [4.78, 5) is 16.4. The zero-order valence-electron chi connectivity index (χ0n) is 16.3. The SMILES string of the molecule is CC[NH+]1CCN(c2ccc(Cl)cc2NC(=O)COc2ccccc2OC)CC1. The number of carbonyl (C=O) groups excluding carboxylic acids is 1. The predicted octanol–water partition coefficient (Wildman–Crippen LogP) is 2.09. The van der Waals surface area contributed by atoms with Crippen molar-refractivity contribution >= 4 is 28.9 Å². The number of ether oxygens (including phenoxy) is 2. The lowest BCUT2D eigenvalue weighted by Gasteiger charge is -2.34. The summed E-state index contributed by atoms with van der Waals surface area (Å²) >= 11 is 6.18. The van der Waals surface area contributed by atoms with Gasteiger partial charge in [0.25, 0.3) is 5.91 Å². The number of likely N-dealkylation sites (N-methyl/N-ethyl adjacent to an activating group) is 1. The molecule has 1 heterocycles. The zero-order chi connectivity index (χ0) is 19.9. The first-order valence-electron chi connectivity index (χ1n) is 9.54. The molecule has 0 bridgehead atoms. The van der Waals surface area contributed by atoms with Crippen molar-refractivity contribution in [1.29, 1.82) is 0 Å². The van der Waals surface area contributed by atoms with Gasteiger partial charge in [-0.05, 0) is 37.3 Å². The van der Waals surface area contributed by atoms with Crippen LogP contribution in [0.2, 0.25) is 5.02 Å². The van der Waals surface area contributed by atoms with E-state index in [1.165, 1.54) is 0 Å². The van der Waals surface area contributed by atoms with Crippen molar-refractivity contribution in [1.82, 2.24) is 0 Å². The van der Waals surface area contributed by atoms with Crippen molar-refractivity contribution in [2.24, 2.45) is 0 Å². The second-order valence-corrected chi connectivity index (χ2v) is 7.18. The molecule has 0 atom stereocenters. The molecule has 2 N–H and O–H groups in total. The summed E-state index contributed by atoms with van der Waals surface area (Å²) in [6.07, 6.45) is 0. The van der Waals surface area contributed by atoms with Crippen molar-refractivity contribution in [2.45, 2.75) is 6.92 Å². The molecule has 0 unspecified atom stereocenters. The number of amides is 1. The number of hydrogen-bond donors (Lipinski definition) is 2. The number of piperazine rings is 1. The minimum absolute atomic E-state index is 0.111. The quantitative estimate of drug-likeness (QED) is 0.742. The molecule has 1 amide bonds. The van der Waals surface area contributed by atoms with Crippen LogP contribution in [-0.2, 0) is 4.79 Å². The first kappa shape index (κ1) is 20.3. The van der Waals surface area contributed by atoms with E-state index in [1.54, 1.807) is 30.2 Å². The highest BCUT2D eigenvalue weighted by molar-refractivity contribution is 6.31. The van der Waals surface area contributed by atoms with Crippen LogP contribution in [0.25, 0.3) is 0 Å². The minimum atomic E-state index is -0.243. The third-order valence-electron chi connectivity index (χ3n) is 4.97. The van der Waals surface area contributed by atoms with Gasteiger partial charge in [0.15, 0.2) is 18.1 Å². The Kier molecular flexibility index (Phi) is 7.01. The predicted molar refractivity (Wildman–Crippen MR) is 112 cm³/mol. The summed E-state index contributed by atoms with van der Waals surface area (Å²) in [5.74, 6) is 0.882. The van der Waals surface area contributed by atoms with Crippen molar-refractivity contribution in [2.75, 3.05) is 56.7 Å². The fourth-order valence-electron chi connectivity index (χ4n) is 3.37. The van der Waals surface area contributed by atoms with Gasteiger partial charge in [-0.1, -0.05) is 23.7 Å². The Labute approximate surface area is 171 Å². The number of nitrogens with zero attached hydrogens (tertiary/aromatic N) is 1. The van der Waals surface area contributed by atoms with Crippen LogP contribution in [0.1, 0.15) is 6.92 Å². The molecule has 6 nitrogen and oxygen atoms in total. The molecule has 1 aliphatic heterocycles. The van der Waals surface area contributed by atoms with E-state index in [9.17, 15) is 4.79 Å². The van der Waals surface area contributed by atoms with E-state index in [4.69, 9.17) is 21.1 Å². The van der Waals surface area contributed by atoms with Crippen LogP contribution in [0.15, 0.2) is 42.5 Å². The lowest BCUT2D eigenvalue weighted by Crippen LogP contribution is -3.14. The van der Waals surface area contributed by atoms with Crippen LogP contribution in [0.4, 0.5) is 11.4 Å². The number of halogens is 1. The first-order chi connectivity index (χ1) is 13.6. The van der Waals surface area contributed by atoms with E-state index in [1.807, 2.05) is 24.3 Å². The van der Waals surface area contributed by atoms with Gasteiger partial charge in [-0.2, -0.15) is 0 Å². The van der Waals surface area contributed by atoms with Gasteiger partial charge in [-0.25, -0.2) is 0 Å². The summed E-state index contributed by atoms with van der Waals surface area (Å²) in [6, 6.07) is 12.9. The van der Waals surface area contributed by atoms with Crippen LogP contribution in [0, 0.1) is 0 Å². The van der Waals surface area contributed by atoms with Crippen molar-refractivity contribution < 1.29 is 19.2 Å². The van der Waals surface area contributed by atoms with E-state index < -0.39 is 0 Å². The van der Waals surface area contributed by atoms with Gasteiger partial charge in [0.05, 0.1) is 51.2 Å². The molecule has 7 heteroatoms. The van der Waals surface area contributed by atoms with Crippen molar-refractivity contribution in [3.8, 4) is 11.5 Å². The highest BCUT2D eigenvalue weighted by atomic mass is 35.5. The standard InChI is InChI=1S/C21H26ClN3O3/c1-3-24-10-12-25(13-11-24)18-9-8-16(22)14-17(18)23-21(26)15-28-20-7-5-4-6-19(20)27-2/h4-9,14H,3,10-13,15H2,1-2H3,(H,23,26)/p+1. The monoisotopic (exact) mass is 404 g/mol. The van der Waals surface area contributed by atoms with Gasteiger partial charge in [-0.15, -0.1) is 0 Å². The molecule has 1 aliphatic rings. The molecule has 0 saturated carbocycles. The number of anilines is 2. The average molecular weight is 405 g/mol. The van der Waals surface area contributed by atoms with Crippen molar-refractivity contribution in [3.05, 3.63) is 47.5 Å². The first-order valence-corrected chi connectivity index (χ1v) is 9.92. The molecule has 2 aromatic rings. The molecular formula is C21H27ClN3O3+. The molecule has 0 aromatic heterocycles. The highest BCUT2D eigenvalue weighted by Gasteiger charge is 2.21. The molecule has 0 spiro atoms. The Hall–Kier alpha value is -2.44. The van der Waals surface area contributed by atoms with Gasteiger partial charge in [0, 0.05) is 5.02 Å². The fourth-order valence-corrected chi connectivity index (χ4v) is 3.54. The number of hydrogen-bond acceptors (Lipinski definition) is 4. The maximum absolute atomic E-state index is 12.5. The molecule has 150 valence electrons. The number of nitrogens with one attached hydrogen (secondary N) is 2. The summed E-state index contributed by atoms with van der Waals surface area (Å²) in [6.45, 7) is 7.31. The average Bonchev–Trinajstić information content (AvgIpc) is 2.73. The van der Waals surface area contributed by atoms with Crippen LogP contribution >= 0.6 is 11.6 Å². The Morgan fingerprint density at radius 2 is 1.89 bits per heavy atom. The van der Waals surface area contributed by atoms with Crippen LogP contribution in [0.3, 0.4) is 0 Å². The Morgan fingerprint density at radius 3 is 2.57 bits per heavy atom. The molecule has 0 radical (unpaired) electrons. The Bertz CT molecular complexity index is 807. The topological polar surface area (TPSA) is 55.2 Å². The lowest BCUT2D eigenvalue weighted by atomic mass is 10.2. The summed E-state index contributed by atoms with van der Waals surface area (Å²) in [7, 11) is 1.57. The molecule has 3 rings (SSSR count). The van der Waals surface area contributed by atoms with E-state index in [0.29, 0.717) is 22.2 Å². The highest BCUT2D eigenvalue weighted by Crippen LogP contribution is 2.30. The Balaban J connectivity index is 1.66. The molecule has 1 saturated heterocycles. The van der Waals surface area contributed by atoms with Crippen LogP contribution in [-0.4, -0.2) is 52.3 Å². The van der Waals surface area contributed by atoms with Gasteiger partial charge in [0.2, 0.25) is 0 Å². The smallest absolute Gasteiger partial charge is 0.262 e. The molecule has 1 fully saturated rings. The fraction of sp³-hybridized carbons (Fsp3) is 0.381. The summed E-state index contributed by atoms with van der Waals surface area (Å²) in [5.41, 5.74) is 1.70. The second-order valence-electron chi connectivity index (χ2n) is 6.74. The Morgan fingerprint density at radius 1 is 1.18 bits per heavy atom. The third kappa shape index (κ3) is 5.09. The second kappa shape index (κ2) is 9.66.